The van der Waals surface area contributed by atoms with Gasteiger partial charge in [-0.2, -0.15) is 0 Å². The second-order valence-electron chi connectivity index (χ2n) is 9.85. The van der Waals surface area contributed by atoms with Gasteiger partial charge in [0.15, 0.2) is 0 Å². The fraction of sp³-hybridized carbons (Fsp3) is 0.692. The van der Waals surface area contributed by atoms with Crippen LogP contribution in [-0.2, 0) is 19.0 Å². The molecular weight excluding hydrogens is 486 g/mol. The molecule has 2 aliphatic rings. The molecule has 1 aromatic rings. The third-order valence-corrected chi connectivity index (χ3v) is 6.92. The van der Waals surface area contributed by atoms with Gasteiger partial charge < -0.3 is 35.5 Å². The molecule has 0 radical (unpaired) electrons. The van der Waals surface area contributed by atoms with Crippen LogP contribution in [0.3, 0.4) is 0 Å². The van der Waals surface area contributed by atoms with E-state index >= 15 is 0 Å². The van der Waals surface area contributed by atoms with E-state index in [1.165, 1.54) is 19.2 Å². The van der Waals surface area contributed by atoms with Crippen molar-refractivity contribution in [2.24, 2.45) is 17.8 Å². The van der Waals surface area contributed by atoms with Crippen LogP contribution in [0.2, 0.25) is 0 Å². The van der Waals surface area contributed by atoms with Crippen LogP contribution in [0.25, 0.3) is 0 Å². The quantitative estimate of drug-likeness (QED) is 0.309. The maximum absolute atomic E-state index is 14.0. The monoisotopic (exact) mass is 526 g/mol. The smallest absolute Gasteiger partial charge is 0.406 e. The van der Waals surface area contributed by atoms with Crippen LogP contribution in [0.1, 0.15) is 37.4 Å². The molecule has 4 N–H and O–H groups in total. The van der Waals surface area contributed by atoms with Gasteiger partial charge in [0.1, 0.15) is 11.6 Å². The van der Waals surface area contributed by atoms with Crippen LogP contribution < -0.4 is 21.3 Å². The summed E-state index contributed by atoms with van der Waals surface area (Å²) in [5.41, 5.74) is 0.355. The molecule has 11 heteroatoms. The van der Waals surface area contributed by atoms with Crippen LogP contribution in [0.15, 0.2) is 18.2 Å². The van der Waals surface area contributed by atoms with Gasteiger partial charge in [0.05, 0.1) is 25.7 Å². The van der Waals surface area contributed by atoms with Gasteiger partial charge in [-0.25, -0.2) is 13.6 Å². The van der Waals surface area contributed by atoms with Gasteiger partial charge in [-0.05, 0) is 56.3 Å². The van der Waals surface area contributed by atoms with Gasteiger partial charge in [0.2, 0.25) is 5.91 Å². The van der Waals surface area contributed by atoms with Gasteiger partial charge in [-0.15, -0.1) is 0 Å². The molecule has 0 aliphatic carbocycles. The Kier molecular flexibility index (Phi) is 12.0. The zero-order chi connectivity index (χ0) is 26.6. The normalized spacial score (nSPS) is 23.6. The number of piperidine rings is 1. The fourth-order valence-electron chi connectivity index (χ4n) is 5.21. The number of alkyl carbamates (subject to hydrolysis) is 1. The van der Waals surface area contributed by atoms with Crippen LogP contribution in [0.4, 0.5) is 13.6 Å². The third kappa shape index (κ3) is 9.48. The summed E-state index contributed by atoms with van der Waals surface area (Å²) in [6.45, 7) is 3.49. The van der Waals surface area contributed by atoms with E-state index in [1.807, 2.05) is 7.05 Å². The molecule has 208 valence electrons. The number of hydrogen-bond acceptors (Lipinski definition) is 7. The summed E-state index contributed by atoms with van der Waals surface area (Å²) < 4.78 is 44.3. The maximum Gasteiger partial charge on any atom is 0.406 e. The Bertz CT molecular complexity index is 851. The van der Waals surface area contributed by atoms with Gasteiger partial charge in [0, 0.05) is 57.4 Å². The van der Waals surface area contributed by atoms with Crippen molar-refractivity contribution in [1.82, 2.24) is 21.3 Å². The molecule has 0 bridgehead atoms. The van der Waals surface area contributed by atoms with Crippen molar-refractivity contribution in [1.29, 1.82) is 0 Å². The summed E-state index contributed by atoms with van der Waals surface area (Å²) in [4.78, 5) is 24.6. The first-order chi connectivity index (χ1) is 17.9. The largest absolute Gasteiger partial charge is 0.453 e. The standard InChI is InChI=1S/C26H40F2N4O5/c1-29-15-23(8-17-4-3-6-36-16-17)32-25(33)20-9-19(13-30-14-20)24(37-7-5-31-26(34)35-2)18-10-21(27)12-22(28)11-18/h10-12,17,19-20,23-24,29-30H,3-9,13-16H2,1-2H3,(H,31,34)(H,32,33)/t17-,19?,20?,23+,24-/m0/s1. The SMILES string of the molecule is CNC[C@@H](C[C@@H]1CCCOC1)NC(=O)C1CNCC([C@@H](OCCNC(=O)OC)c2cc(F)cc(F)c2)C1. The highest BCUT2D eigenvalue weighted by atomic mass is 19.1. The van der Waals surface area contributed by atoms with Crippen molar-refractivity contribution in [3.8, 4) is 0 Å². The lowest BCUT2D eigenvalue weighted by Crippen LogP contribution is -2.50. The molecule has 37 heavy (non-hydrogen) atoms. The topological polar surface area (TPSA) is 110 Å². The number of benzene rings is 1. The molecule has 3 rings (SSSR count). The number of rotatable bonds is 12. The second kappa shape index (κ2) is 15.2. The minimum Gasteiger partial charge on any atom is -0.453 e. The summed E-state index contributed by atoms with van der Waals surface area (Å²) in [5, 5.41) is 12.2. The molecular formula is C26H40F2N4O5. The molecule has 1 aromatic carbocycles. The number of amides is 2. The summed E-state index contributed by atoms with van der Waals surface area (Å²) in [7, 11) is 3.13. The predicted molar refractivity (Wildman–Crippen MR) is 134 cm³/mol. The lowest BCUT2D eigenvalue weighted by Gasteiger charge is -2.36. The van der Waals surface area contributed by atoms with Crippen LogP contribution in [-0.4, -0.2) is 78.2 Å². The molecule has 0 saturated carbocycles. The number of carbonyl (C=O) groups is 2. The third-order valence-electron chi connectivity index (χ3n) is 6.92. The molecule has 0 spiro atoms. The Labute approximate surface area is 217 Å². The molecule has 2 unspecified atom stereocenters. The first-order valence-electron chi connectivity index (χ1n) is 13.0. The maximum atomic E-state index is 14.0. The Morgan fingerprint density at radius 1 is 1.22 bits per heavy atom. The first kappa shape index (κ1) is 29.2. The number of carbonyl (C=O) groups excluding carboxylic acids is 2. The molecule has 0 aromatic heterocycles. The average molecular weight is 527 g/mol. The van der Waals surface area contributed by atoms with Crippen molar-refractivity contribution in [3.63, 3.8) is 0 Å². The predicted octanol–water partition coefficient (Wildman–Crippen LogP) is 2.13. The summed E-state index contributed by atoms with van der Waals surface area (Å²) in [6.07, 6.45) is 2.21. The van der Waals surface area contributed by atoms with E-state index in [0.29, 0.717) is 37.5 Å². The van der Waals surface area contributed by atoms with E-state index < -0.39 is 23.8 Å². The number of ether oxygens (including phenoxy) is 3. The van der Waals surface area contributed by atoms with Gasteiger partial charge in [-0.1, -0.05) is 0 Å². The van der Waals surface area contributed by atoms with Gasteiger partial charge in [-0.3, -0.25) is 4.79 Å². The van der Waals surface area contributed by atoms with Gasteiger partial charge in [0.25, 0.3) is 0 Å². The fourth-order valence-corrected chi connectivity index (χ4v) is 5.21. The average Bonchev–Trinajstić information content (AvgIpc) is 2.88. The van der Waals surface area contributed by atoms with Crippen molar-refractivity contribution in [2.75, 3.05) is 60.2 Å². The summed E-state index contributed by atoms with van der Waals surface area (Å²) in [5.74, 6) is -1.56. The highest BCUT2D eigenvalue weighted by molar-refractivity contribution is 5.79. The van der Waals surface area contributed by atoms with Crippen LogP contribution >= 0.6 is 0 Å². The molecule has 2 fully saturated rings. The minimum absolute atomic E-state index is 0.0154. The van der Waals surface area contributed by atoms with Gasteiger partial charge >= 0.3 is 6.09 Å². The Hall–Kier alpha value is -2.34. The van der Waals surface area contributed by atoms with E-state index in [1.54, 1.807) is 0 Å². The molecule has 2 saturated heterocycles. The van der Waals surface area contributed by atoms with Crippen molar-refractivity contribution in [3.05, 3.63) is 35.4 Å². The lowest BCUT2D eigenvalue weighted by atomic mass is 9.83. The van der Waals surface area contributed by atoms with E-state index in [-0.39, 0.29) is 36.9 Å². The highest BCUT2D eigenvalue weighted by Crippen LogP contribution is 2.33. The van der Waals surface area contributed by atoms with E-state index in [2.05, 4.69) is 26.0 Å². The van der Waals surface area contributed by atoms with Crippen molar-refractivity contribution >= 4 is 12.0 Å². The van der Waals surface area contributed by atoms with E-state index in [9.17, 15) is 18.4 Å². The molecule has 2 aliphatic heterocycles. The Balaban J connectivity index is 1.65. The minimum atomic E-state index is -0.698. The van der Waals surface area contributed by atoms with E-state index in [4.69, 9.17) is 9.47 Å². The second-order valence-corrected chi connectivity index (χ2v) is 9.85. The van der Waals surface area contributed by atoms with E-state index in [0.717, 1.165) is 38.5 Å². The molecule has 2 amide bonds. The molecule has 2 heterocycles. The zero-order valence-electron chi connectivity index (χ0n) is 21.7. The summed E-state index contributed by atoms with van der Waals surface area (Å²) >= 11 is 0. The van der Waals surface area contributed by atoms with Crippen molar-refractivity contribution < 1.29 is 32.6 Å². The number of nitrogens with one attached hydrogen (secondary N) is 4. The number of halogens is 2. The number of methoxy groups -OCH3 is 1. The van der Waals surface area contributed by atoms with Crippen LogP contribution in [0.5, 0.6) is 0 Å². The molecule has 5 atom stereocenters. The van der Waals surface area contributed by atoms with Crippen molar-refractivity contribution in [2.45, 2.75) is 37.8 Å². The Morgan fingerprint density at radius 3 is 2.68 bits per heavy atom. The number of likely N-dealkylation sites (N-methyl/N-ethyl adjacent to an activating group) is 1. The lowest BCUT2D eigenvalue weighted by molar-refractivity contribution is -0.127. The number of hydrogen-bond donors (Lipinski definition) is 4. The Morgan fingerprint density at radius 2 is 2.00 bits per heavy atom. The van der Waals surface area contributed by atoms with Crippen LogP contribution in [0, 0.1) is 29.4 Å². The highest BCUT2D eigenvalue weighted by Gasteiger charge is 2.34. The summed E-state index contributed by atoms with van der Waals surface area (Å²) in [6, 6.07) is 3.30. The molecule has 9 nitrogen and oxygen atoms in total. The first-order valence-corrected chi connectivity index (χ1v) is 13.0. The zero-order valence-corrected chi connectivity index (χ0v) is 21.7.